The number of hydrogen-bond acceptors (Lipinski definition) is 3. The van der Waals surface area contributed by atoms with E-state index < -0.39 is 18.3 Å². The second kappa shape index (κ2) is 4.62. The lowest BCUT2D eigenvalue weighted by Crippen LogP contribution is -2.61. The fraction of sp³-hybridized carbons (Fsp3) is 0.214. The number of aromatic nitrogens is 1. The highest BCUT2D eigenvalue weighted by Crippen LogP contribution is 2.53. The van der Waals surface area contributed by atoms with Gasteiger partial charge in [-0.15, -0.1) is 0 Å². The van der Waals surface area contributed by atoms with Crippen LogP contribution in [0.2, 0.25) is 0 Å². The number of fused-ring (bicyclic) bond motifs is 2. The van der Waals surface area contributed by atoms with Gasteiger partial charge in [0.2, 0.25) is 12.0 Å². The van der Waals surface area contributed by atoms with E-state index in [1.54, 1.807) is 24.4 Å². The van der Waals surface area contributed by atoms with Gasteiger partial charge in [0.25, 0.3) is 0 Å². The highest BCUT2D eigenvalue weighted by molar-refractivity contribution is 7.95. The Morgan fingerprint density at radius 2 is 1.85 bits per heavy atom. The quantitative estimate of drug-likeness (QED) is 0.368. The first kappa shape index (κ1) is 13.7. The van der Waals surface area contributed by atoms with Crippen molar-refractivity contribution in [3.63, 3.8) is 0 Å². The van der Waals surface area contributed by atoms with E-state index in [9.17, 15) is 9.12 Å². The fourth-order valence-corrected chi connectivity index (χ4v) is 7.90. The van der Waals surface area contributed by atoms with Gasteiger partial charge < -0.3 is 9.12 Å². The van der Waals surface area contributed by atoms with Gasteiger partial charge in [0.1, 0.15) is 0 Å². The lowest BCUT2D eigenvalue weighted by Gasteiger charge is -2.27. The summed E-state index contributed by atoms with van der Waals surface area (Å²) in [4.78, 5) is 1.20. The Morgan fingerprint density at radius 3 is 2.55 bits per heavy atom. The minimum atomic E-state index is -2.90. The van der Waals surface area contributed by atoms with Gasteiger partial charge in [0.15, 0.2) is 11.1 Å². The van der Waals surface area contributed by atoms with Gasteiger partial charge in [-0.05, 0) is 12.1 Å². The molecule has 2 aromatic rings. The Labute approximate surface area is 121 Å². The van der Waals surface area contributed by atoms with Crippen molar-refractivity contribution in [3.05, 3.63) is 42.6 Å². The highest BCUT2D eigenvalue weighted by Gasteiger charge is 2.52. The summed E-state index contributed by atoms with van der Waals surface area (Å²) in [6.45, 7) is 3.84. The number of nitrogens with two attached hydrogens (primary N) is 1. The van der Waals surface area contributed by atoms with Crippen molar-refractivity contribution >= 4 is 29.1 Å². The first-order valence-corrected chi connectivity index (χ1v) is 9.32. The van der Waals surface area contributed by atoms with Crippen LogP contribution in [-0.2, 0) is 15.7 Å². The summed E-state index contributed by atoms with van der Waals surface area (Å²) in [5.74, 6) is 5.98. The van der Waals surface area contributed by atoms with E-state index >= 15 is 0 Å². The van der Waals surface area contributed by atoms with Crippen molar-refractivity contribution in [2.75, 3.05) is 5.84 Å². The number of nitrogens with zero attached hydrogens (tertiary/aromatic N) is 1. The molecule has 1 aliphatic rings. The largest absolute Gasteiger partial charge is 0.606 e. The fourth-order valence-electron chi connectivity index (χ4n) is 2.62. The zero-order valence-corrected chi connectivity index (χ0v) is 13.0. The average molecular weight is 307 g/mol. The van der Waals surface area contributed by atoms with Gasteiger partial charge in [-0.3, -0.25) is 0 Å². The Bertz CT molecular complexity index is 733. The van der Waals surface area contributed by atoms with Crippen LogP contribution in [0.4, 0.5) is 0 Å². The third-order valence-electron chi connectivity index (χ3n) is 3.62. The molecular weight excluding hydrogens is 291 g/mol. The standard InChI is InChI=1S/C14H16N2O2PS/c1-10(2)19(17)11-6-3-4-7-12(11)20(18)13-8-5-9-16(15)14(13)19/h3-10H,15H2,1-2H3/q+1. The maximum absolute atomic E-state index is 13.7. The minimum Gasteiger partial charge on any atom is -0.606 e. The molecule has 1 aromatic carbocycles. The Balaban J connectivity index is 2.44. The Morgan fingerprint density at radius 1 is 1.20 bits per heavy atom. The third-order valence-corrected chi connectivity index (χ3v) is 9.07. The van der Waals surface area contributed by atoms with E-state index in [0.717, 1.165) is 0 Å². The molecule has 2 atom stereocenters. The minimum absolute atomic E-state index is 0.100. The summed E-state index contributed by atoms with van der Waals surface area (Å²) in [5.41, 5.74) is 0.406. The van der Waals surface area contributed by atoms with Crippen LogP contribution >= 0.6 is 7.14 Å². The number of hydrogen-bond donors (Lipinski definition) is 1. The molecule has 2 N–H and O–H groups in total. The lowest BCUT2D eigenvalue weighted by atomic mass is 10.4. The van der Waals surface area contributed by atoms with E-state index in [1.807, 2.05) is 32.0 Å². The van der Waals surface area contributed by atoms with Crippen LogP contribution in [0.3, 0.4) is 0 Å². The molecule has 0 saturated heterocycles. The van der Waals surface area contributed by atoms with Crippen molar-refractivity contribution in [1.82, 2.24) is 0 Å². The van der Waals surface area contributed by atoms with Crippen LogP contribution in [0.15, 0.2) is 52.4 Å². The summed E-state index contributed by atoms with van der Waals surface area (Å²) in [6, 6.07) is 10.7. The van der Waals surface area contributed by atoms with E-state index in [4.69, 9.17) is 5.84 Å². The molecule has 104 valence electrons. The lowest BCUT2D eigenvalue weighted by molar-refractivity contribution is -0.622. The van der Waals surface area contributed by atoms with Crippen molar-refractivity contribution in [2.24, 2.45) is 0 Å². The van der Waals surface area contributed by atoms with Crippen molar-refractivity contribution in [1.29, 1.82) is 0 Å². The SMILES string of the molecule is CC(C)P1(=O)c2ccccc2[S+]([O-])c2ccc[n+](N)c21. The maximum atomic E-state index is 13.7. The first-order valence-electron chi connectivity index (χ1n) is 6.39. The van der Waals surface area contributed by atoms with Crippen molar-refractivity contribution in [2.45, 2.75) is 29.3 Å². The van der Waals surface area contributed by atoms with Gasteiger partial charge in [-0.2, -0.15) is 0 Å². The van der Waals surface area contributed by atoms with Gasteiger partial charge in [0.05, 0.1) is 5.30 Å². The molecule has 1 aliphatic heterocycles. The molecule has 3 rings (SSSR count). The van der Waals surface area contributed by atoms with Crippen LogP contribution in [0.1, 0.15) is 13.8 Å². The first-order chi connectivity index (χ1) is 9.48. The average Bonchev–Trinajstić information content (AvgIpc) is 2.44. The van der Waals surface area contributed by atoms with Crippen molar-refractivity contribution in [3.8, 4) is 0 Å². The predicted molar refractivity (Wildman–Crippen MR) is 79.9 cm³/mol. The Kier molecular flexibility index (Phi) is 3.16. The van der Waals surface area contributed by atoms with E-state index in [1.165, 1.54) is 4.68 Å². The molecule has 6 heteroatoms. The molecule has 0 bridgehead atoms. The van der Waals surface area contributed by atoms with E-state index in [2.05, 4.69) is 0 Å². The summed E-state index contributed by atoms with van der Waals surface area (Å²) in [7, 11) is -2.90. The van der Waals surface area contributed by atoms with Gasteiger partial charge >= 0.3 is 5.44 Å². The summed E-state index contributed by atoms with van der Waals surface area (Å²) < 4.78 is 27.8. The van der Waals surface area contributed by atoms with Gasteiger partial charge in [-0.25, -0.2) is 5.84 Å². The second-order valence-corrected chi connectivity index (χ2v) is 9.76. The molecular formula is C14H16N2O2PS+. The molecule has 0 radical (unpaired) electrons. The van der Waals surface area contributed by atoms with Crippen molar-refractivity contribution < 1.29 is 13.8 Å². The van der Waals surface area contributed by atoms with E-state index in [0.29, 0.717) is 20.5 Å². The zero-order valence-electron chi connectivity index (χ0n) is 11.3. The summed E-state index contributed by atoms with van der Waals surface area (Å²) >= 11 is -1.34. The second-order valence-electron chi connectivity index (χ2n) is 5.09. The number of rotatable bonds is 1. The van der Waals surface area contributed by atoms with Crippen LogP contribution in [0.5, 0.6) is 0 Å². The molecule has 2 heterocycles. The predicted octanol–water partition coefficient (Wildman–Crippen LogP) is 0.890. The molecule has 20 heavy (non-hydrogen) atoms. The van der Waals surface area contributed by atoms with Gasteiger partial charge in [-0.1, -0.05) is 30.7 Å². The van der Waals surface area contributed by atoms with Crippen LogP contribution < -0.4 is 21.3 Å². The molecule has 0 amide bonds. The summed E-state index contributed by atoms with van der Waals surface area (Å²) in [5, 5.41) is 0.672. The zero-order chi connectivity index (χ0) is 14.5. The molecule has 0 spiro atoms. The number of pyridine rings is 1. The molecule has 4 nitrogen and oxygen atoms in total. The smallest absolute Gasteiger partial charge is 0.327 e. The monoisotopic (exact) mass is 307 g/mol. The normalized spacial score (nSPS) is 24.3. The molecule has 1 aromatic heterocycles. The van der Waals surface area contributed by atoms with Crippen LogP contribution in [0.25, 0.3) is 0 Å². The number of benzene rings is 1. The highest BCUT2D eigenvalue weighted by atomic mass is 32.2. The number of nitrogen functional groups attached to an aromatic ring is 1. The molecule has 0 fully saturated rings. The maximum Gasteiger partial charge on any atom is 0.327 e. The molecule has 0 saturated carbocycles. The third kappa shape index (κ3) is 1.67. The van der Waals surface area contributed by atoms with Crippen LogP contribution in [0, 0.1) is 0 Å². The van der Waals surface area contributed by atoms with Crippen LogP contribution in [-0.4, -0.2) is 10.2 Å². The van der Waals surface area contributed by atoms with E-state index in [-0.39, 0.29) is 5.66 Å². The van der Waals surface area contributed by atoms with Gasteiger partial charge in [0, 0.05) is 29.0 Å². The topological polar surface area (TPSA) is 70.0 Å². The molecule has 0 aliphatic carbocycles. The molecule has 2 unspecified atom stereocenters. The Hall–Kier alpha value is -1.29. The summed E-state index contributed by atoms with van der Waals surface area (Å²) in [6.07, 6.45) is 1.65.